The fraction of sp³-hybridized carbons (Fsp3) is 0.773. The van der Waals surface area contributed by atoms with Crippen LogP contribution in [0.4, 0.5) is 0 Å². The molecule has 3 nitrogen and oxygen atoms in total. The zero-order valence-electron chi connectivity index (χ0n) is 15.5. The van der Waals surface area contributed by atoms with Crippen molar-refractivity contribution in [3.05, 3.63) is 12.2 Å². The molecule has 7 atom stereocenters. The molecule has 0 bridgehead atoms. The fourth-order valence-electron chi connectivity index (χ4n) is 7.18. The zero-order chi connectivity index (χ0) is 17.9. The van der Waals surface area contributed by atoms with Crippen LogP contribution in [-0.4, -0.2) is 29.2 Å². The van der Waals surface area contributed by atoms with Gasteiger partial charge in [-0.2, -0.15) is 0 Å². The summed E-state index contributed by atoms with van der Waals surface area (Å²) < 4.78 is 6.01. The summed E-state index contributed by atoms with van der Waals surface area (Å²) in [4.78, 5) is 12.1. The van der Waals surface area contributed by atoms with E-state index in [9.17, 15) is 9.90 Å². The molecule has 3 saturated carbocycles. The zero-order valence-corrected chi connectivity index (χ0v) is 15.5. The van der Waals surface area contributed by atoms with Gasteiger partial charge in [-0.25, -0.2) is 0 Å². The molecule has 25 heavy (non-hydrogen) atoms. The van der Waals surface area contributed by atoms with Crippen molar-refractivity contribution in [3.63, 3.8) is 0 Å². The third kappa shape index (κ3) is 2.10. The summed E-state index contributed by atoms with van der Waals surface area (Å²) in [6, 6.07) is 0. The van der Waals surface area contributed by atoms with Crippen molar-refractivity contribution in [2.75, 3.05) is 7.11 Å². The number of fused-ring (bicyclic) bond motifs is 5. The Hall–Kier alpha value is -1.11. The Labute approximate surface area is 151 Å². The maximum absolute atomic E-state index is 12.1. The molecule has 0 aliphatic heterocycles. The second kappa shape index (κ2) is 5.69. The van der Waals surface area contributed by atoms with Crippen LogP contribution in [0.15, 0.2) is 12.2 Å². The Bertz CT molecular complexity index is 646. The van der Waals surface area contributed by atoms with Gasteiger partial charge in [-0.3, -0.25) is 4.79 Å². The third-order valence-electron chi connectivity index (χ3n) is 8.46. The molecule has 3 fully saturated rings. The molecule has 4 rings (SSSR count). The smallest absolute Gasteiger partial charge is 0.149 e. The molecule has 0 heterocycles. The summed E-state index contributed by atoms with van der Waals surface area (Å²) in [5, 5.41) is 11.1. The molecule has 0 spiro atoms. The molecule has 0 saturated heterocycles. The van der Waals surface area contributed by atoms with E-state index in [0.717, 1.165) is 38.5 Å². The Kier molecular flexibility index (Phi) is 3.94. The van der Waals surface area contributed by atoms with Gasteiger partial charge in [-0.15, -0.1) is 6.42 Å². The van der Waals surface area contributed by atoms with Gasteiger partial charge in [0.15, 0.2) is 0 Å². The van der Waals surface area contributed by atoms with E-state index in [0.29, 0.717) is 42.3 Å². The quantitative estimate of drug-likeness (QED) is 0.617. The third-order valence-corrected chi connectivity index (χ3v) is 8.46. The van der Waals surface area contributed by atoms with Gasteiger partial charge in [-0.1, -0.05) is 18.9 Å². The first-order chi connectivity index (χ1) is 12.0. The number of allylic oxidation sites excluding steroid dienone is 1. The highest BCUT2D eigenvalue weighted by Gasteiger charge is 2.63. The average molecular weight is 342 g/mol. The Balaban J connectivity index is 1.68. The Morgan fingerprint density at radius 3 is 2.76 bits per heavy atom. The number of terminal acetylenes is 1. The minimum Gasteiger partial charge on any atom is -0.377 e. The van der Waals surface area contributed by atoms with Crippen LogP contribution in [0, 0.1) is 41.4 Å². The number of ether oxygens (including phenoxy) is 1. The predicted molar refractivity (Wildman–Crippen MR) is 96.7 cm³/mol. The highest BCUT2D eigenvalue weighted by Crippen LogP contribution is 2.65. The number of hydrogen-bond acceptors (Lipinski definition) is 3. The number of aliphatic hydroxyl groups is 1. The molecule has 1 N–H and O–H groups in total. The average Bonchev–Trinajstić information content (AvgIpc) is 2.95. The van der Waals surface area contributed by atoms with Crippen LogP contribution in [0.2, 0.25) is 0 Å². The second-order valence-electron chi connectivity index (χ2n) is 8.84. The fourth-order valence-corrected chi connectivity index (χ4v) is 7.18. The number of carbonyl (C=O) groups is 1. The number of methoxy groups -OCH3 is 1. The molecule has 4 aliphatic carbocycles. The largest absolute Gasteiger partial charge is 0.377 e. The number of hydrogen-bond donors (Lipinski definition) is 1. The molecule has 3 heteroatoms. The molecule has 0 aromatic carbocycles. The molecule has 0 aromatic heterocycles. The van der Waals surface area contributed by atoms with E-state index in [1.54, 1.807) is 7.11 Å². The lowest BCUT2D eigenvalue weighted by molar-refractivity contribution is -0.179. The topological polar surface area (TPSA) is 46.5 Å². The first kappa shape index (κ1) is 17.3. The van der Waals surface area contributed by atoms with E-state index in [1.165, 1.54) is 0 Å². The highest BCUT2D eigenvalue weighted by atomic mass is 16.5. The van der Waals surface area contributed by atoms with E-state index in [-0.39, 0.29) is 11.0 Å². The Morgan fingerprint density at radius 2 is 2.08 bits per heavy atom. The monoisotopic (exact) mass is 342 g/mol. The van der Waals surface area contributed by atoms with Gasteiger partial charge >= 0.3 is 0 Å². The van der Waals surface area contributed by atoms with Crippen molar-refractivity contribution < 1.29 is 14.6 Å². The molecular weight excluding hydrogens is 312 g/mol. The lowest BCUT2D eigenvalue weighted by Gasteiger charge is -2.59. The number of rotatable bonds is 2. The lowest BCUT2D eigenvalue weighted by atomic mass is 9.47. The van der Waals surface area contributed by atoms with E-state index in [4.69, 9.17) is 11.2 Å². The number of ketones is 1. The standard InChI is InChI=1S/C22H30O3/c1-4-20-11-8-17-16(18(20)10-13-22(20,24)5-2)9-12-21(25-3)14-15(23)6-7-19(17)21/h2,10,13,16-19,24H,4,6-9,11-12,14H2,1,3H3/t16-,17?,18?,19-,20+,21-,22+/m1/s1. The first-order valence-electron chi connectivity index (χ1n) is 9.91. The van der Waals surface area contributed by atoms with Crippen molar-refractivity contribution in [1.29, 1.82) is 0 Å². The molecule has 0 aromatic rings. The lowest BCUT2D eigenvalue weighted by Crippen LogP contribution is -2.59. The van der Waals surface area contributed by atoms with Gasteiger partial charge in [0, 0.05) is 25.4 Å². The van der Waals surface area contributed by atoms with E-state index in [1.807, 2.05) is 6.08 Å². The summed E-state index contributed by atoms with van der Waals surface area (Å²) in [5.74, 6) is 5.02. The van der Waals surface area contributed by atoms with Gasteiger partial charge in [0.2, 0.25) is 0 Å². The van der Waals surface area contributed by atoms with Crippen molar-refractivity contribution in [2.45, 2.75) is 69.5 Å². The van der Waals surface area contributed by atoms with Crippen LogP contribution >= 0.6 is 0 Å². The van der Waals surface area contributed by atoms with Gasteiger partial charge in [0.05, 0.1) is 5.60 Å². The maximum atomic E-state index is 12.1. The van der Waals surface area contributed by atoms with Crippen molar-refractivity contribution >= 4 is 5.78 Å². The summed E-state index contributed by atoms with van der Waals surface area (Å²) in [6.07, 6.45) is 17.1. The minimum atomic E-state index is -1.10. The van der Waals surface area contributed by atoms with Crippen LogP contribution in [0.3, 0.4) is 0 Å². The first-order valence-corrected chi connectivity index (χ1v) is 9.91. The number of Topliss-reactive ketones (excluding diaryl/α,β-unsaturated/α-hetero) is 1. The van der Waals surface area contributed by atoms with Gasteiger partial charge in [-0.05, 0) is 68.3 Å². The van der Waals surface area contributed by atoms with Crippen molar-refractivity contribution in [1.82, 2.24) is 0 Å². The minimum absolute atomic E-state index is 0.208. The van der Waals surface area contributed by atoms with Gasteiger partial charge < -0.3 is 9.84 Å². The van der Waals surface area contributed by atoms with Gasteiger partial charge in [0.25, 0.3) is 0 Å². The van der Waals surface area contributed by atoms with E-state index in [2.05, 4.69) is 18.9 Å². The molecule has 136 valence electrons. The van der Waals surface area contributed by atoms with Crippen LogP contribution in [0.5, 0.6) is 0 Å². The van der Waals surface area contributed by atoms with Crippen LogP contribution in [0.1, 0.15) is 58.3 Å². The molecule has 4 aliphatic rings. The molecular formula is C22H30O3. The summed E-state index contributed by atoms with van der Waals surface area (Å²) in [5.41, 5.74) is -1.55. The van der Waals surface area contributed by atoms with Crippen molar-refractivity contribution in [2.24, 2.45) is 29.1 Å². The molecule has 0 radical (unpaired) electrons. The normalized spacial score (nSPS) is 51.4. The second-order valence-corrected chi connectivity index (χ2v) is 8.84. The SMILES string of the molecule is C#C[C@]1(O)C=CC2[C@@H]3CC[C@@]4(OC)CC(=O)CC[C@@H]4C3CC[C@@]21CC. The summed E-state index contributed by atoms with van der Waals surface area (Å²) in [6.45, 7) is 2.17. The predicted octanol–water partition coefficient (Wildman–Crippen LogP) is 3.51. The van der Waals surface area contributed by atoms with E-state index < -0.39 is 5.60 Å². The Morgan fingerprint density at radius 1 is 1.32 bits per heavy atom. The highest BCUT2D eigenvalue weighted by molar-refractivity contribution is 5.80. The van der Waals surface area contributed by atoms with Crippen LogP contribution < -0.4 is 0 Å². The molecule has 2 unspecified atom stereocenters. The van der Waals surface area contributed by atoms with Gasteiger partial charge in [0.1, 0.15) is 11.4 Å². The maximum Gasteiger partial charge on any atom is 0.149 e. The number of carbonyl (C=O) groups excluding carboxylic acids is 1. The van der Waals surface area contributed by atoms with Crippen LogP contribution in [0.25, 0.3) is 0 Å². The summed E-state index contributed by atoms with van der Waals surface area (Å²) in [7, 11) is 1.79. The van der Waals surface area contributed by atoms with E-state index >= 15 is 0 Å². The van der Waals surface area contributed by atoms with Crippen LogP contribution in [-0.2, 0) is 9.53 Å². The molecule has 0 amide bonds. The van der Waals surface area contributed by atoms with Crippen molar-refractivity contribution in [3.8, 4) is 12.3 Å². The summed E-state index contributed by atoms with van der Waals surface area (Å²) >= 11 is 0.